The summed E-state index contributed by atoms with van der Waals surface area (Å²) < 4.78 is 1.69. The Morgan fingerprint density at radius 1 is 1.20 bits per heavy atom. The SMILES string of the molecule is Nc1cc(=O)n([C@@H]2CC[C@@H](O)C2)c2nc(NC3CCCCC3)ncc12. The molecule has 2 aromatic rings. The van der Waals surface area contributed by atoms with Crippen molar-refractivity contribution >= 4 is 22.7 Å². The van der Waals surface area contributed by atoms with E-state index in [1.807, 2.05) is 0 Å². The van der Waals surface area contributed by atoms with E-state index in [0.29, 0.717) is 41.6 Å². The van der Waals surface area contributed by atoms with Gasteiger partial charge in [0.1, 0.15) is 0 Å². The van der Waals surface area contributed by atoms with Crippen LogP contribution in [0.25, 0.3) is 11.0 Å². The van der Waals surface area contributed by atoms with Crippen LogP contribution in [0.3, 0.4) is 0 Å². The van der Waals surface area contributed by atoms with E-state index in [4.69, 9.17) is 5.73 Å². The first-order valence-electron chi connectivity index (χ1n) is 9.24. The Morgan fingerprint density at radius 3 is 2.72 bits per heavy atom. The summed E-state index contributed by atoms with van der Waals surface area (Å²) in [4.78, 5) is 21.6. The van der Waals surface area contributed by atoms with Gasteiger partial charge in [0.05, 0.1) is 11.5 Å². The molecule has 134 valence electrons. The summed E-state index contributed by atoms with van der Waals surface area (Å²) >= 11 is 0. The molecule has 2 aliphatic carbocycles. The minimum atomic E-state index is -0.355. The molecule has 0 radical (unpaired) electrons. The summed E-state index contributed by atoms with van der Waals surface area (Å²) in [5.74, 6) is 0.552. The maximum absolute atomic E-state index is 12.6. The predicted octanol–water partition coefficient (Wildman–Crippen LogP) is 2.20. The van der Waals surface area contributed by atoms with Crippen LogP contribution in [-0.2, 0) is 0 Å². The van der Waals surface area contributed by atoms with Crippen LogP contribution in [0.2, 0.25) is 0 Å². The molecular weight excluding hydrogens is 318 g/mol. The summed E-state index contributed by atoms with van der Waals surface area (Å²) in [6, 6.07) is 1.79. The summed E-state index contributed by atoms with van der Waals surface area (Å²) in [7, 11) is 0. The highest BCUT2D eigenvalue weighted by molar-refractivity contribution is 5.87. The highest BCUT2D eigenvalue weighted by atomic mass is 16.3. The fourth-order valence-corrected chi connectivity index (χ4v) is 4.17. The Morgan fingerprint density at radius 2 is 2.00 bits per heavy atom. The maximum Gasteiger partial charge on any atom is 0.254 e. The number of hydrogen-bond acceptors (Lipinski definition) is 6. The van der Waals surface area contributed by atoms with Gasteiger partial charge in [-0.3, -0.25) is 9.36 Å². The van der Waals surface area contributed by atoms with Gasteiger partial charge in [-0.2, -0.15) is 4.98 Å². The molecule has 0 spiro atoms. The molecule has 4 rings (SSSR count). The molecule has 0 saturated heterocycles. The van der Waals surface area contributed by atoms with Crippen molar-refractivity contribution in [3.8, 4) is 0 Å². The number of aromatic nitrogens is 3. The lowest BCUT2D eigenvalue weighted by Crippen LogP contribution is -2.27. The Labute approximate surface area is 146 Å². The maximum atomic E-state index is 12.6. The van der Waals surface area contributed by atoms with Crippen molar-refractivity contribution in [2.75, 3.05) is 11.1 Å². The average molecular weight is 343 g/mol. The fraction of sp³-hybridized carbons (Fsp3) is 0.611. The van der Waals surface area contributed by atoms with Gasteiger partial charge < -0.3 is 16.2 Å². The lowest BCUT2D eigenvalue weighted by Gasteiger charge is -2.23. The van der Waals surface area contributed by atoms with E-state index in [-0.39, 0.29) is 17.7 Å². The van der Waals surface area contributed by atoms with E-state index in [1.54, 1.807) is 10.8 Å². The second kappa shape index (κ2) is 6.63. The first-order chi connectivity index (χ1) is 12.1. The average Bonchev–Trinajstić information content (AvgIpc) is 3.01. The van der Waals surface area contributed by atoms with Crippen LogP contribution < -0.4 is 16.6 Å². The van der Waals surface area contributed by atoms with Crippen molar-refractivity contribution in [3.63, 3.8) is 0 Å². The van der Waals surface area contributed by atoms with Crippen molar-refractivity contribution in [1.29, 1.82) is 0 Å². The standard InChI is InChI=1S/C18H25N5O2/c19-15-9-16(25)23(12-6-7-13(24)8-12)17-14(15)10-20-18(22-17)21-11-4-2-1-3-5-11/h9-13,24H,1-8,19H2,(H,20,21,22)/t12-,13-/m1/s1. The summed E-state index contributed by atoms with van der Waals surface area (Å²) in [6.45, 7) is 0. The Hall–Kier alpha value is -2.15. The van der Waals surface area contributed by atoms with Crippen molar-refractivity contribution in [1.82, 2.24) is 14.5 Å². The predicted molar refractivity (Wildman–Crippen MR) is 97.6 cm³/mol. The van der Waals surface area contributed by atoms with Crippen LogP contribution in [0.5, 0.6) is 0 Å². The molecule has 0 unspecified atom stereocenters. The Balaban J connectivity index is 1.74. The zero-order valence-corrected chi connectivity index (χ0v) is 14.3. The van der Waals surface area contributed by atoms with Crippen molar-refractivity contribution < 1.29 is 5.11 Å². The smallest absolute Gasteiger partial charge is 0.254 e. The zero-order valence-electron chi connectivity index (χ0n) is 14.3. The van der Waals surface area contributed by atoms with E-state index in [2.05, 4.69) is 15.3 Å². The Kier molecular flexibility index (Phi) is 4.33. The van der Waals surface area contributed by atoms with E-state index < -0.39 is 0 Å². The third-order valence-electron chi connectivity index (χ3n) is 5.51. The van der Waals surface area contributed by atoms with Gasteiger partial charge in [-0.25, -0.2) is 4.98 Å². The monoisotopic (exact) mass is 343 g/mol. The molecule has 2 aromatic heterocycles. The molecule has 2 saturated carbocycles. The van der Waals surface area contributed by atoms with E-state index in [0.717, 1.165) is 19.3 Å². The third kappa shape index (κ3) is 3.20. The lowest BCUT2D eigenvalue weighted by atomic mass is 9.96. The van der Waals surface area contributed by atoms with Crippen molar-refractivity contribution in [2.45, 2.75) is 69.6 Å². The quantitative estimate of drug-likeness (QED) is 0.789. The molecule has 0 aliphatic heterocycles. The van der Waals surface area contributed by atoms with Crippen LogP contribution in [0.15, 0.2) is 17.1 Å². The molecule has 2 aliphatic rings. The highest BCUT2D eigenvalue weighted by Gasteiger charge is 2.27. The van der Waals surface area contributed by atoms with Crippen LogP contribution in [0.1, 0.15) is 57.4 Å². The molecule has 4 N–H and O–H groups in total. The topological polar surface area (TPSA) is 106 Å². The number of anilines is 2. The number of nitrogen functional groups attached to an aromatic ring is 1. The molecule has 0 aromatic carbocycles. The normalized spacial score (nSPS) is 24.7. The number of aliphatic hydroxyl groups is 1. The summed E-state index contributed by atoms with van der Waals surface area (Å²) in [5.41, 5.74) is 6.83. The van der Waals surface area contributed by atoms with Gasteiger partial charge in [-0.15, -0.1) is 0 Å². The number of nitrogens with one attached hydrogen (secondary N) is 1. The van der Waals surface area contributed by atoms with Gasteiger partial charge in [-0.05, 0) is 32.1 Å². The minimum Gasteiger partial charge on any atom is -0.398 e. The number of rotatable bonds is 3. The Bertz CT molecular complexity index is 828. The van der Waals surface area contributed by atoms with Crippen LogP contribution in [0, 0.1) is 0 Å². The van der Waals surface area contributed by atoms with Crippen LogP contribution in [0.4, 0.5) is 11.6 Å². The minimum absolute atomic E-state index is 0.0389. The number of pyridine rings is 1. The van der Waals surface area contributed by atoms with Gasteiger partial charge in [0.2, 0.25) is 5.95 Å². The van der Waals surface area contributed by atoms with E-state index in [1.165, 1.54) is 25.3 Å². The molecule has 25 heavy (non-hydrogen) atoms. The second-order valence-electron chi connectivity index (χ2n) is 7.34. The number of nitrogens with zero attached hydrogens (tertiary/aromatic N) is 3. The molecule has 7 nitrogen and oxygen atoms in total. The highest BCUT2D eigenvalue weighted by Crippen LogP contribution is 2.32. The first kappa shape index (κ1) is 16.3. The molecule has 2 heterocycles. The molecule has 0 amide bonds. The summed E-state index contributed by atoms with van der Waals surface area (Å²) in [5, 5.41) is 14.0. The van der Waals surface area contributed by atoms with Crippen molar-refractivity contribution in [3.05, 3.63) is 22.6 Å². The number of hydrogen-bond donors (Lipinski definition) is 3. The number of fused-ring (bicyclic) bond motifs is 1. The summed E-state index contributed by atoms with van der Waals surface area (Å²) in [6.07, 6.45) is 9.39. The third-order valence-corrected chi connectivity index (χ3v) is 5.51. The largest absolute Gasteiger partial charge is 0.398 e. The molecule has 2 fully saturated rings. The van der Waals surface area contributed by atoms with Gasteiger partial charge in [0.25, 0.3) is 5.56 Å². The number of aliphatic hydroxyl groups excluding tert-OH is 1. The molecule has 2 atom stereocenters. The van der Waals surface area contributed by atoms with Crippen LogP contribution >= 0.6 is 0 Å². The molecule has 7 heteroatoms. The van der Waals surface area contributed by atoms with Gasteiger partial charge in [-0.1, -0.05) is 19.3 Å². The first-order valence-corrected chi connectivity index (χ1v) is 9.24. The number of nitrogens with two attached hydrogens (primary N) is 1. The molecule has 0 bridgehead atoms. The van der Waals surface area contributed by atoms with Crippen LogP contribution in [-0.4, -0.2) is 31.8 Å². The van der Waals surface area contributed by atoms with E-state index in [9.17, 15) is 9.90 Å². The second-order valence-corrected chi connectivity index (χ2v) is 7.34. The van der Waals surface area contributed by atoms with E-state index >= 15 is 0 Å². The van der Waals surface area contributed by atoms with Crippen molar-refractivity contribution in [2.24, 2.45) is 0 Å². The van der Waals surface area contributed by atoms with Gasteiger partial charge in [0, 0.05) is 30.0 Å². The van der Waals surface area contributed by atoms with Gasteiger partial charge in [0.15, 0.2) is 5.65 Å². The fourth-order valence-electron chi connectivity index (χ4n) is 4.17. The molecular formula is C18H25N5O2. The zero-order chi connectivity index (χ0) is 17.4. The lowest BCUT2D eigenvalue weighted by molar-refractivity contribution is 0.178. The van der Waals surface area contributed by atoms with Gasteiger partial charge >= 0.3 is 0 Å².